The molecule has 2 unspecified atom stereocenters. The Bertz CT molecular complexity index is 273. The van der Waals surface area contributed by atoms with Crippen molar-refractivity contribution < 1.29 is 0 Å². The molecule has 0 spiro atoms. The van der Waals surface area contributed by atoms with Crippen LogP contribution in [-0.4, -0.2) is 30.6 Å². The van der Waals surface area contributed by atoms with Gasteiger partial charge in [0.25, 0.3) is 0 Å². The van der Waals surface area contributed by atoms with Gasteiger partial charge in [-0.25, -0.2) is 0 Å². The van der Waals surface area contributed by atoms with Gasteiger partial charge in [-0.3, -0.25) is 0 Å². The van der Waals surface area contributed by atoms with Crippen LogP contribution < -0.4 is 5.73 Å². The van der Waals surface area contributed by atoms with E-state index in [1.165, 1.54) is 44.9 Å². The Hall–Kier alpha value is -0.0800. The highest BCUT2D eigenvalue weighted by Crippen LogP contribution is 2.40. The van der Waals surface area contributed by atoms with Crippen LogP contribution in [0.15, 0.2) is 0 Å². The smallest absolute Gasteiger partial charge is 0.0135 e. The molecule has 0 radical (unpaired) electrons. The van der Waals surface area contributed by atoms with Gasteiger partial charge in [-0.1, -0.05) is 27.2 Å². The van der Waals surface area contributed by atoms with Crippen molar-refractivity contribution in [3.05, 3.63) is 0 Å². The fraction of sp³-hybridized carbons (Fsp3) is 1.00. The number of hydrogen-bond acceptors (Lipinski definition) is 2. The van der Waals surface area contributed by atoms with E-state index in [0.29, 0.717) is 5.41 Å². The zero-order valence-corrected chi connectivity index (χ0v) is 13.5. The second-order valence-electron chi connectivity index (χ2n) is 8.03. The van der Waals surface area contributed by atoms with E-state index in [2.05, 4.69) is 32.7 Å². The quantitative estimate of drug-likeness (QED) is 0.845. The maximum absolute atomic E-state index is 5.94. The average molecular weight is 266 g/mol. The molecule has 2 atom stereocenters. The fourth-order valence-corrected chi connectivity index (χ4v) is 4.45. The molecular formula is C17H34N2. The lowest BCUT2D eigenvalue weighted by atomic mass is 9.71. The lowest BCUT2D eigenvalue weighted by Gasteiger charge is -2.43. The average Bonchev–Trinajstić information content (AvgIpc) is 2.85. The molecule has 2 rings (SSSR count). The van der Waals surface area contributed by atoms with Crippen molar-refractivity contribution >= 4 is 0 Å². The van der Waals surface area contributed by atoms with E-state index in [0.717, 1.165) is 30.5 Å². The normalized spacial score (nSPS) is 36.9. The third kappa shape index (κ3) is 3.52. The number of nitrogens with two attached hydrogens (primary N) is 1. The maximum Gasteiger partial charge on any atom is 0.0135 e. The molecule has 0 aliphatic heterocycles. The fourth-order valence-electron chi connectivity index (χ4n) is 4.45. The predicted molar refractivity (Wildman–Crippen MR) is 83.1 cm³/mol. The van der Waals surface area contributed by atoms with Gasteiger partial charge >= 0.3 is 0 Å². The molecule has 112 valence electrons. The zero-order valence-electron chi connectivity index (χ0n) is 13.5. The van der Waals surface area contributed by atoms with Gasteiger partial charge in [0, 0.05) is 12.1 Å². The lowest BCUT2D eigenvalue weighted by Crippen LogP contribution is -2.46. The van der Waals surface area contributed by atoms with Crippen LogP contribution in [0.5, 0.6) is 0 Å². The zero-order chi connectivity index (χ0) is 14.0. The Balaban J connectivity index is 1.87. The summed E-state index contributed by atoms with van der Waals surface area (Å²) in [6, 6.07) is 1.58. The molecule has 0 bridgehead atoms. The van der Waals surface area contributed by atoms with E-state index in [1.54, 1.807) is 0 Å². The van der Waals surface area contributed by atoms with Gasteiger partial charge in [0.1, 0.15) is 0 Å². The van der Waals surface area contributed by atoms with E-state index in [9.17, 15) is 0 Å². The van der Waals surface area contributed by atoms with Gasteiger partial charge in [0.2, 0.25) is 0 Å². The van der Waals surface area contributed by atoms with Crippen LogP contribution in [0.1, 0.15) is 65.7 Å². The van der Waals surface area contributed by atoms with Crippen molar-refractivity contribution in [2.24, 2.45) is 23.0 Å². The molecule has 2 heteroatoms. The van der Waals surface area contributed by atoms with E-state index in [4.69, 9.17) is 5.73 Å². The third-order valence-corrected chi connectivity index (χ3v) is 5.94. The summed E-state index contributed by atoms with van der Waals surface area (Å²) in [7, 11) is 2.36. The van der Waals surface area contributed by atoms with Crippen molar-refractivity contribution in [1.29, 1.82) is 0 Å². The highest BCUT2D eigenvalue weighted by molar-refractivity contribution is 4.90. The van der Waals surface area contributed by atoms with Crippen LogP contribution >= 0.6 is 0 Å². The summed E-state index contributed by atoms with van der Waals surface area (Å²) in [6.45, 7) is 8.10. The summed E-state index contributed by atoms with van der Waals surface area (Å²) >= 11 is 0. The molecule has 2 aliphatic carbocycles. The minimum atomic E-state index is 0.497. The molecule has 2 aliphatic rings. The van der Waals surface area contributed by atoms with Gasteiger partial charge in [-0.15, -0.1) is 0 Å². The molecule has 0 heterocycles. The molecule has 19 heavy (non-hydrogen) atoms. The van der Waals surface area contributed by atoms with Crippen molar-refractivity contribution in [3.63, 3.8) is 0 Å². The maximum atomic E-state index is 5.94. The largest absolute Gasteiger partial charge is 0.330 e. The van der Waals surface area contributed by atoms with Crippen molar-refractivity contribution in [2.45, 2.75) is 77.8 Å². The SMILES string of the molecule is CN(C1CCC(C(C)(C)C)CC1)C1CCCC1CN. The summed E-state index contributed by atoms with van der Waals surface area (Å²) in [6.07, 6.45) is 9.73. The first kappa shape index (κ1) is 15.3. The Morgan fingerprint density at radius 2 is 1.63 bits per heavy atom. The van der Waals surface area contributed by atoms with Gasteiger partial charge in [-0.05, 0) is 69.4 Å². The highest BCUT2D eigenvalue weighted by atomic mass is 15.2. The van der Waals surface area contributed by atoms with Gasteiger partial charge < -0.3 is 10.6 Å². The minimum absolute atomic E-state index is 0.497. The van der Waals surface area contributed by atoms with Crippen LogP contribution in [0.4, 0.5) is 0 Å². The highest BCUT2D eigenvalue weighted by Gasteiger charge is 2.36. The van der Waals surface area contributed by atoms with Gasteiger partial charge in [-0.2, -0.15) is 0 Å². The first-order valence-corrected chi connectivity index (χ1v) is 8.35. The van der Waals surface area contributed by atoms with Crippen LogP contribution in [0.25, 0.3) is 0 Å². The van der Waals surface area contributed by atoms with Crippen molar-refractivity contribution in [3.8, 4) is 0 Å². The van der Waals surface area contributed by atoms with Gasteiger partial charge in [0.15, 0.2) is 0 Å². The molecule has 0 saturated heterocycles. The Morgan fingerprint density at radius 3 is 2.16 bits per heavy atom. The monoisotopic (exact) mass is 266 g/mol. The second-order valence-corrected chi connectivity index (χ2v) is 8.03. The second kappa shape index (κ2) is 6.13. The molecule has 0 aromatic rings. The van der Waals surface area contributed by atoms with Crippen molar-refractivity contribution in [2.75, 3.05) is 13.6 Å². The molecule has 0 amide bonds. The standard InChI is InChI=1S/C17H34N2/c1-17(2,3)14-8-10-15(11-9-14)19(4)16-7-5-6-13(16)12-18/h13-16H,5-12,18H2,1-4H3. The summed E-state index contributed by atoms with van der Waals surface area (Å²) in [5.74, 6) is 1.68. The van der Waals surface area contributed by atoms with Crippen LogP contribution in [0.3, 0.4) is 0 Å². The minimum Gasteiger partial charge on any atom is -0.330 e. The van der Waals surface area contributed by atoms with E-state index < -0.39 is 0 Å². The van der Waals surface area contributed by atoms with Crippen molar-refractivity contribution in [1.82, 2.24) is 4.90 Å². The Morgan fingerprint density at radius 1 is 1.00 bits per heavy atom. The summed E-state index contributed by atoms with van der Waals surface area (Å²) in [4.78, 5) is 2.70. The summed E-state index contributed by atoms with van der Waals surface area (Å²) in [5.41, 5.74) is 6.44. The molecule has 2 fully saturated rings. The van der Waals surface area contributed by atoms with Gasteiger partial charge in [0.05, 0.1) is 0 Å². The molecular weight excluding hydrogens is 232 g/mol. The Labute approximate surface area is 120 Å². The topological polar surface area (TPSA) is 29.3 Å². The van der Waals surface area contributed by atoms with E-state index in [-0.39, 0.29) is 0 Å². The number of hydrogen-bond donors (Lipinski definition) is 1. The Kier molecular flexibility index (Phi) is 4.94. The molecule has 2 nitrogen and oxygen atoms in total. The molecule has 2 saturated carbocycles. The first-order valence-electron chi connectivity index (χ1n) is 8.35. The predicted octanol–water partition coefficient (Wildman–Crippen LogP) is 3.65. The molecule has 2 N–H and O–H groups in total. The number of nitrogens with zero attached hydrogens (tertiary/aromatic N) is 1. The van der Waals surface area contributed by atoms with Crippen LogP contribution in [-0.2, 0) is 0 Å². The van der Waals surface area contributed by atoms with Crippen LogP contribution in [0, 0.1) is 17.3 Å². The molecule has 0 aromatic heterocycles. The van der Waals surface area contributed by atoms with Crippen LogP contribution in [0.2, 0.25) is 0 Å². The third-order valence-electron chi connectivity index (χ3n) is 5.94. The van der Waals surface area contributed by atoms with E-state index in [1.807, 2.05) is 0 Å². The number of rotatable bonds is 3. The first-order chi connectivity index (χ1) is 8.93. The summed E-state index contributed by atoms with van der Waals surface area (Å²) in [5, 5.41) is 0. The molecule has 0 aromatic carbocycles. The summed E-state index contributed by atoms with van der Waals surface area (Å²) < 4.78 is 0. The lowest BCUT2D eigenvalue weighted by molar-refractivity contribution is 0.0738. The van der Waals surface area contributed by atoms with E-state index >= 15 is 0 Å².